The van der Waals surface area contributed by atoms with Gasteiger partial charge in [-0.25, -0.2) is 0 Å². The zero-order valence-corrected chi connectivity index (χ0v) is 11.2. The first-order chi connectivity index (χ1) is 8.81. The molecular weight excluding hydrogens is 222 g/mol. The molecule has 1 heterocycles. The molecule has 0 aromatic heterocycles. The summed E-state index contributed by atoms with van der Waals surface area (Å²) in [5.41, 5.74) is 2.90. The maximum absolute atomic E-state index is 6.15. The van der Waals surface area contributed by atoms with Crippen molar-refractivity contribution in [2.24, 2.45) is 5.92 Å². The SMILES string of the molecule is CC1CCC(Oc2ccc3c(c2)CCNC3)CC1. The van der Waals surface area contributed by atoms with Gasteiger partial charge in [-0.2, -0.15) is 0 Å². The van der Waals surface area contributed by atoms with Gasteiger partial charge in [-0.05, 0) is 67.8 Å². The van der Waals surface area contributed by atoms with E-state index in [-0.39, 0.29) is 0 Å². The average molecular weight is 245 g/mol. The molecule has 1 aliphatic carbocycles. The maximum Gasteiger partial charge on any atom is 0.120 e. The summed E-state index contributed by atoms with van der Waals surface area (Å²) in [6.45, 7) is 4.45. The Kier molecular flexibility index (Phi) is 3.55. The van der Waals surface area contributed by atoms with Crippen molar-refractivity contribution in [2.45, 2.75) is 51.7 Å². The van der Waals surface area contributed by atoms with E-state index < -0.39 is 0 Å². The van der Waals surface area contributed by atoms with Crippen molar-refractivity contribution in [3.05, 3.63) is 29.3 Å². The molecule has 0 saturated heterocycles. The smallest absolute Gasteiger partial charge is 0.120 e. The van der Waals surface area contributed by atoms with Crippen LogP contribution in [0, 0.1) is 5.92 Å². The van der Waals surface area contributed by atoms with Crippen LogP contribution in [0.15, 0.2) is 18.2 Å². The van der Waals surface area contributed by atoms with Gasteiger partial charge in [0, 0.05) is 6.54 Å². The first-order valence-corrected chi connectivity index (χ1v) is 7.30. The quantitative estimate of drug-likeness (QED) is 0.863. The molecule has 1 N–H and O–H groups in total. The van der Waals surface area contributed by atoms with Crippen LogP contribution in [0.5, 0.6) is 5.75 Å². The largest absolute Gasteiger partial charge is 0.490 e. The van der Waals surface area contributed by atoms with Crippen molar-refractivity contribution >= 4 is 0 Å². The maximum atomic E-state index is 6.15. The van der Waals surface area contributed by atoms with Crippen molar-refractivity contribution in [1.29, 1.82) is 0 Å². The van der Waals surface area contributed by atoms with E-state index in [1.54, 1.807) is 0 Å². The summed E-state index contributed by atoms with van der Waals surface area (Å²) >= 11 is 0. The second-order valence-corrected chi connectivity index (χ2v) is 5.86. The third kappa shape index (κ3) is 2.69. The molecule has 18 heavy (non-hydrogen) atoms. The van der Waals surface area contributed by atoms with Crippen LogP contribution in [0.25, 0.3) is 0 Å². The molecule has 0 bridgehead atoms. The number of hydrogen-bond acceptors (Lipinski definition) is 2. The number of ether oxygens (including phenoxy) is 1. The Labute approximate surface area is 110 Å². The van der Waals surface area contributed by atoms with Gasteiger partial charge in [-0.15, -0.1) is 0 Å². The molecule has 98 valence electrons. The Hall–Kier alpha value is -1.02. The van der Waals surface area contributed by atoms with E-state index in [0.717, 1.165) is 31.2 Å². The van der Waals surface area contributed by atoms with E-state index in [9.17, 15) is 0 Å². The first-order valence-electron chi connectivity index (χ1n) is 7.30. The van der Waals surface area contributed by atoms with Gasteiger partial charge in [0.25, 0.3) is 0 Å². The Morgan fingerprint density at radius 3 is 2.78 bits per heavy atom. The fourth-order valence-electron chi connectivity index (χ4n) is 3.07. The molecule has 1 aliphatic heterocycles. The monoisotopic (exact) mass is 245 g/mol. The summed E-state index contributed by atoms with van der Waals surface area (Å²) in [6, 6.07) is 6.63. The minimum absolute atomic E-state index is 0.445. The van der Waals surface area contributed by atoms with Gasteiger partial charge in [-0.1, -0.05) is 13.0 Å². The lowest BCUT2D eigenvalue weighted by Gasteiger charge is -2.27. The van der Waals surface area contributed by atoms with Gasteiger partial charge in [0.2, 0.25) is 0 Å². The molecule has 0 amide bonds. The molecule has 1 saturated carbocycles. The van der Waals surface area contributed by atoms with Crippen LogP contribution in [0.1, 0.15) is 43.7 Å². The summed E-state index contributed by atoms with van der Waals surface area (Å²) in [4.78, 5) is 0. The third-order valence-corrected chi connectivity index (χ3v) is 4.33. The van der Waals surface area contributed by atoms with Crippen molar-refractivity contribution in [3.63, 3.8) is 0 Å². The van der Waals surface area contributed by atoms with E-state index in [1.165, 1.54) is 36.8 Å². The van der Waals surface area contributed by atoms with Crippen LogP contribution in [0.3, 0.4) is 0 Å². The highest BCUT2D eigenvalue weighted by molar-refractivity contribution is 5.37. The Bertz CT molecular complexity index is 408. The van der Waals surface area contributed by atoms with Gasteiger partial charge in [0.05, 0.1) is 6.10 Å². The summed E-state index contributed by atoms with van der Waals surface area (Å²) in [5.74, 6) is 1.97. The fourth-order valence-corrected chi connectivity index (χ4v) is 3.07. The molecule has 2 nitrogen and oxygen atoms in total. The zero-order chi connectivity index (χ0) is 12.4. The van der Waals surface area contributed by atoms with Crippen molar-refractivity contribution in [1.82, 2.24) is 5.32 Å². The van der Waals surface area contributed by atoms with Gasteiger partial charge >= 0.3 is 0 Å². The first kappa shape index (κ1) is 12.0. The molecule has 3 rings (SSSR count). The molecular formula is C16H23NO. The number of hydrogen-bond donors (Lipinski definition) is 1. The van der Waals surface area contributed by atoms with Crippen LogP contribution in [0.4, 0.5) is 0 Å². The third-order valence-electron chi connectivity index (χ3n) is 4.33. The van der Waals surface area contributed by atoms with Gasteiger partial charge in [0.15, 0.2) is 0 Å². The average Bonchev–Trinajstić information content (AvgIpc) is 2.41. The Morgan fingerprint density at radius 2 is 1.94 bits per heavy atom. The van der Waals surface area contributed by atoms with Gasteiger partial charge < -0.3 is 10.1 Å². The van der Waals surface area contributed by atoms with Crippen molar-refractivity contribution in [2.75, 3.05) is 6.54 Å². The van der Waals surface area contributed by atoms with Crippen LogP contribution >= 0.6 is 0 Å². The summed E-state index contributed by atoms with van der Waals surface area (Å²) in [7, 11) is 0. The zero-order valence-electron chi connectivity index (χ0n) is 11.2. The number of rotatable bonds is 2. The van der Waals surface area contributed by atoms with Crippen molar-refractivity contribution in [3.8, 4) is 5.75 Å². The van der Waals surface area contributed by atoms with E-state index in [4.69, 9.17) is 4.74 Å². The lowest BCUT2D eigenvalue weighted by molar-refractivity contribution is 0.135. The minimum atomic E-state index is 0.445. The van der Waals surface area contributed by atoms with E-state index in [0.29, 0.717) is 6.10 Å². The highest BCUT2D eigenvalue weighted by atomic mass is 16.5. The van der Waals surface area contributed by atoms with Crippen LogP contribution in [0.2, 0.25) is 0 Å². The molecule has 1 aromatic carbocycles. The molecule has 0 atom stereocenters. The molecule has 1 fully saturated rings. The fraction of sp³-hybridized carbons (Fsp3) is 0.625. The van der Waals surface area contributed by atoms with Gasteiger partial charge in [-0.3, -0.25) is 0 Å². The molecule has 0 radical (unpaired) electrons. The topological polar surface area (TPSA) is 21.3 Å². The van der Waals surface area contributed by atoms with Crippen molar-refractivity contribution < 1.29 is 4.74 Å². The molecule has 2 heteroatoms. The predicted octanol–water partition coefficient (Wildman–Crippen LogP) is 3.29. The summed E-state index contributed by atoms with van der Waals surface area (Å²) in [5, 5.41) is 3.41. The Morgan fingerprint density at radius 1 is 1.11 bits per heavy atom. The highest BCUT2D eigenvalue weighted by Gasteiger charge is 2.20. The second-order valence-electron chi connectivity index (χ2n) is 5.86. The van der Waals surface area contributed by atoms with Crippen LogP contribution in [-0.4, -0.2) is 12.6 Å². The number of fused-ring (bicyclic) bond motifs is 1. The normalized spacial score (nSPS) is 27.6. The molecule has 0 spiro atoms. The standard InChI is InChI=1S/C16H23NO/c1-12-2-5-15(6-3-12)18-16-7-4-14-11-17-9-8-13(14)10-16/h4,7,10,12,15,17H,2-3,5-6,8-9,11H2,1H3. The lowest BCUT2D eigenvalue weighted by Crippen LogP contribution is -2.25. The number of benzene rings is 1. The number of nitrogens with one attached hydrogen (secondary N) is 1. The lowest BCUT2D eigenvalue weighted by atomic mass is 9.89. The van der Waals surface area contributed by atoms with Crippen LogP contribution in [-0.2, 0) is 13.0 Å². The second kappa shape index (κ2) is 5.31. The highest BCUT2D eigenvalue weighted by Crippen LogP contribution is 2.28. The molecule has 0 unspecified atom stereocenters. The van der Waals surface area contributed by atoms with E-state index in [2.05, 4.69) is 30.4 Å². The predicted molar refractivity (Wildman–Crippen MR) is 73.9 cm³/mol. The Balaban J connectivity index is 1.66. The van der Waals surface area contributed by atoms with Crippen LogP contribution < -0.4 is 10.1 Å². The summed E-state index contributed by atoms with van der Waals surface area (Å²) in [6.07, 6.45) is 6.66. The molecule has 1 aromatic rings. The van der Waals surface area contributed by atoms with E-state index >= 15 is 0 Å². The molecule has 2 aliphatic rings. The summed E-state index contributed by atoms with van der Waals surface area (Å²) < 4.78 is 6.15. The minimum Gasteiger partial charge on any atom is -0.490 e. The van der Waals surface area contributed by atoms with Gasteiger partial charge in [0.1, 0.15) is 5.75 Å². The van der Waals surface area contributed by atoms with E-state index in [1.807, 2.05) is 0 Å².